The number of hydrogen-bond donors (Lipinski definition) is 0. The first-order chi connectivity index (χ1) is 9.68. The number of benzene rings is 2. The second-order valence-corrected chi connectivity index (χ2v) is 4.35. The van der Waals surface area contributed by atoms with E-state index in [0.717, 1.165) is 6.07 Å². The number of rotatable bonds is 2. The first kappa shape index (κ1) is 15.4. The van der Waals surface area contributed by atoms with Crippen LogP contribution < -0.4 is 0 Å². The summed E-state index contributed by atoms with van der Waals surface area (Å²) in [6, 6.07) is 9.69. The van der Waals surface area contributed by atoms with Gasteiger partial charge in [-0.15, -0.1) is 0 Å². The lowest BCUT2D eigenvalue weighted by Crippen LogP contribution is -2.13. The third-order valence-electron chi connectivity index (χ3n) is 2.81. The summed E-state index contributed by atoms with van der Waals surface area (Å²) in [4.78, 5) is 0. The summed E-state index contributed by atoms with van der Waals surface area (Å²) in [7, 11) is 0. The summed E-state index contributed by atoms with van der Waals surface area (Å²) >= 11 is 0. The summed E-state index contributed by atoms with van der Waals surface area (Å²) in [5.74, 6) is 0. The summed E-state index contributed by atoms with van der Waals surface area (Å²) in [5, 5.41) is 0. The van der Waals surface area contributed by atoms with Crippen molar-refractivity contribution in [3.05, 3.63) is 77.2 Å². The third-order valence-corrected chi connectivity index (χ3v) is 2.81. The minimum atomic E-state index is -4.86. The van der Waals surface area contributed by atoms with E-state index < -0.39 is 23.5 Å². The Labute approximate surface area is 117 Å². The standard InChI is InChI=1S/C15H9F6/c16-14(17,18)12-7-6-11(13(9-12)15(19,20)21)8-10-4-2-1-3-5-10/h1-9H. The SMILES string of the molecule is FC(F)(F)c1ccc([CH]c2ccccc2)c(C(F)(F)F)c1. The van der Waals surface area contributed by atoms with Crippen molar-refractivity contribution in [3.8, 4) is 0 Å². The zero-order chi connectivity index (χ0) is 15.7. The van der Waals surface area contributed by atoms with Gasteiger partial charge in [-0.05, 0) is 23.3 Å². The van der Waals surface area contributed by atoms with E-state index in [4.69, 9.17) is 0 Å². The topological polar surface area (TPSA) is 0 Å². The van der Waals surface area contributed by atoms with Crippen LogP contribution in [0.25, 0.3) is 0 Å². The van der Waals surface area contributed by atoms with Crippen LogP contribution in [-0.2, 0) is 12.4 Å². The molecule has 2 rings (SSSR count). The summed E-state index contributed by atoms with van der Waals surface area (Å²) in [6.45, 7) is 0. The van der Waals surface area contributed by atoms with Gasteiger partial charge in [0.25, 0.3) is 0 Å². The first-order valence-corrected chi connectivity index (χ1v) is 5.86. The Balaban J connectivity index is 2.46. The molecule has 0 amide bonds. The molecule has 0 atom stereocenters. The van der Waals surface area contributed by atoms with Gasteiger partial charge in [-0.1, -0.05) is 36.4 Å². The molecule has 0 nitrogen and oxygen atoms in total. The van der Waals surface area contributed by atoms with Gasteiger partial charge in [0.05, 0.1) is 11.1 Å². The van der Waals surface area contributed by atoms with Crippen LogP contribution >= 0.6 is 0 Å². The molecule has 0 fully saturated rings. The summed E-state index contributed by atoms with van der Waals surface area (Å²) in [5.41, 5.74) is -2.45. The highest BCUT2D eigenvalue weighted by Gasteiger charge is 2.37. The highest BCUT2D eigenvalue weighted by molar-refractivity contribution is 5.45. The van der Waals surface area contributed by atoms with Crippen molar-refractivity contribution in [1.29, 1.82) is 0 Å². The molecular weight excluding hydrogens is 294 g/mol. The largest absolute Gasteiger partial charge is 0.416 e. The van der Waals surface area contributed by atoms with Crippen molar-refractivity contribution in [1.82, 2.24) is 0 Å². The average Bonchev–Trinajstić information content (AvgIpc) is 2.38. The Morgan fingerprint density at radius 3 is 1.86 bits per heavy atom. The molecule has 1 radical (unpaired) electrons. The summed E-state index contributed by atoms with van der Waals surface area (Å²) in [6.07, 6.45) is -8.48. The van der Waals surface area contributed by atoms with Crippen molar-refractivity contribution in [2.24, 2.45) is 0 Å². The average molecular weight is 303 g/mol. The zero-order valence-corrected chi connectivity index (χ0v) is 10.5. The van der Waals surface area contributed by atoms with E-state index in [1.807, 2.05) is 0 Å². The smallest absolute Gasteiger partial charge is 0.166 e. The summed E-state index contributed by atoms with van der Waals surface area (Å²) < 4.78 is 76.4. The predicted molar refractivity (Wildman–Crippen MR) is 65.4 cm³/mol. The molecule has 0 unspecified atom stereocenters. The molecule has 2 aromatic rings. The number of halogens is 6. The molecule has 0 aliphatic heterocycles. The fraction of sp³-hybridized carbons (Fsp3) is 0.133. The molecule has 0 N–H and O–H groups in total. The van der Waals surface area contributed by atoms with E-state index >= 15 is 0 Å². The lowest BCUT2D eigenvalue weighted by atomic mass is 9.97. The molecule has 21 heavy (non-hydrogen) atoms. The van der Waals surface area contributed by atoms with E-state index in [9.17, 15) is 26.3 Å². The van der Waals surface area contributed by atoms with Crippen LogP contribution in [-0.4, -0.2) is 0 Å². The van der Waals surface area contributed by atoms with Gasteiger partial charge in [-0.25, -0.2) is 0 Å². The Morgan fingerprint density at radius 1 is 0.714 bits per heavy atom. The van der Waals surface area contributed by atoms with Crippen molar-refractivity contribution in [3.63, 3.8) is 0 Å². The molecular formula is C15H9F6. The Morgan fingerprint density at radius 2 is 1.33 bits per heavy atom. The van der Waals surface area contributed by atoms with Gasteiger partial charge in [-0.2, -0.15) is 26.3 Å². The molecule has 0 aliphatic carbocycles. The molecule has 0 aromatic heterocycles. The Hall–Kier alpha value is -1.98. The van der Waals surface area contributed by atoms with E-state index in [-0.39, 0.29) is 11.6 Å². The zero-order valence-electron chi connectivity index (χ0n) is 10.5. The van der Waals surface area contributed by atoms with Gasteiger partial charge in [0.15, 0.2) is 0 Å². The second-order valence-electron chi connectivity index (χ2n) is 4.35. The number of hydrogen-bond acceptors (Lipinski definition) is 0. The van der Waals surface area contributed by atoms with E-state index in [1.165, 1.54) is 6.42 Å². The van der Waals surface area contributed by atoms with Crippen LogP contribution in [0, 0.1) is 6.42 Å². The molecule has 0 aliphatic rings. The fourth-order valence-electron chi connectivity index (χ4n) is 1.83. The minimum absolute atomic E-state index is 0.134. The molecule has 0 spiro atoms. The van der Waals surface area contributed by atoms with Gasteiger partial charge in [0.1, 0.15) is 0 Å². The van der Waals surface area contributed by atoms with E-state index in [2.05, 4.69) is 0 Å². The van der Waals surface area contributed by atoms with Gasteiger partial charge >= 0.3 is 12.4 Å². The Kier molecular flexibility index (Phi) is 3.98. The van der Waals surface area contributed by atoms with Crippen LogP contribution in [0.2, 0.25) is 0 Å². The van der Waals surface area contributed by atoms with Crippen LogP contribution in [0.1, 0.15) is 22.3 Å². The van der Waals surface area contributed by atoms with Crippen LogP contribution in [0.3, 0.4) is 0 Å². The molecule has 111 valence electrons. The highest BCUT2D eigenvalue weighted by Crippen LogP contribution is 2.38. The molecule has 0 saturated carbocycles. The second kappa shape index (κ2) is 5.42. The fourth-order valence-corrected chi connectivity index (χ4v) is 1.83. The first-order valence-electron chi connectivity index (χ1n) is 5.86. The monoisotopic (exact) mass is 303 g/mol. The molecule has 0 saturated heterocycles. The van der Waals surface area contributed by atoms with Crippen molar-refractivity contribution in [2.75, 3.05) is 0 Å². The maximum atomic E-state index is 12.9. The van der Waals surface area contributed by atoms with Gasteiger partial charge in [0.2, 0.25) is 0 Å². The minimum Gasteiger partial charge on any atom is -0.166 e. The third kappa shape index (κ3) is 3.77. The van der Waals surface area contributed by atoms with E-state index in [1.54, 1.807) is 30.3 Å². The highest BCUT2D eigenvalue weighted by atomic mass is 19.4. The lowest BCUT2D eigenvalue weighted by Gasteiger charge is -2.15. The van der Waals surface area contributed by atoms with Crippen molar-refractivity contribution >= 4 is 0 Å². The van der Waals surface area contributed by atoms with Gasteiger partial charge in [0, 0.05) is 6.42 Å². The van der Waals surface area contributed by atoms with Crippen LogP contribution in [0.15, 0.2) is 48.5 Å². The van der Waals surface area contributed by atoms with Crippen LogP contribution in [0.4, 0.5) is 26.3 Å². The van der Waals surface area contributed by atoms with Crippen molar-refractivity contribution < 1.29 is 26.3 Å². The van der Waals surface area contributed by atoms with Crippen LogP contribution in [0.5, 0.6) is 0 Å². The van der Waals surface area contributed by atoms with Gasteiger partial charge in [-0.3, -0.25) is 0 Å². The molecule has 0 heterocycles. The molecule has 6 heteroatoms. The Bertz CT molecular complexity index is 610. The maximum absolute atomic E-state index is 12.9. The van der Waals surface area contributed by atoms with Crippen molar-refractivity contribution in [2.45, 2.75) is 12.4 Å². The molecule has 2 aromatic carbocycles. The quantitative estimate of drug-likeness (QED) is 0.658. The predicted octanol–water partition coefficient (Wildman–Crippen LogP) is 5.32. The number of alkyl halides is 6. The van der Waals surface area contributed by atoms with Gasteiger partial charge < -0.3 is 0 Å². The normalized spacial score (nSPS) is 12.5. The van der Waals surface area contributed by atoms with E-state index in [0.29, 0.717) is 11.6 Å². The molecule has 0 bridgehead atoms. The maximum Gasteiger partial charge on any atom is 0.416 e. The lowest BCUT2D eigenvalue weighted by molar-refractivity contribution is -0.143.